The van der Waals surface area contributed by atoms with Crippen LogP contribution in [0.1, 0.15) is 11.1 Å². The van der Waals surface area contributed by atoms with Gasteiger partial charge in [0.15, 0.2) is 0 Å². The number of nitrogens with zero attached hydrogens (tertiary/aromatic N) is 4. The summed E-state index contributed by atoms with van der Waals surface area (Å²) in [5.41, 5.74) is 2.38. The van der Waals surface area contributed by atoms with Crippen molar-refractivity contribution in [2.24, 2.45) is 0 Å². The Bertz CT molecular complexity index is 1430. The molecule has 0 amide bonds. The summed E-state index contributed by atoms with van der Waals surface area (Å²) in [5, 5.41) is 12.7. The number of halogens is 3. The van der Waals surface area contributed by atoms with Crippen LogP contribution in [-0.2, 0) is 11.9 Å². The molecule has 6 nitrogen and oxygen atoms in total. The fourth-order valence-electron chi connectivity index (χ4n) is 3.34. The second kappa shape index (κ2) is 9.14. The number of rotatable bonds is 6. The second-order valence-corrected chi connectivity index (χ2v) is 8.21. The molecule has 5 aromatic rings. The van der Waals surface area contributed by atoms with E-state index in [1.807, 2.05) is 36.4 Å². The number of benzene rings is 2. The van der Waals surface area contributed by atoms with Gasteiger partial charge in [0, 0.05) is 29.2 Å². The number of alkyl halides is 3. The third-order valence-electron chi connectivity index (χ3n) is 4.99. The molecular formula is C24H16F3N5OS. The molecule has 3 heterocycles. The van der Waals surface area contributed by atoms with Gasteiger partial charge in [0.05, 0.1) is 16.6 Å². The maximum Gasteiger partial charge on any atom is 0.416 e. The van der Waals surface area contributed by atoms with Gasteiger partial charge in [-0.3, -0.25) is 4.98 Å². The average molecular weight is 479 g/mol. The molecule has 5 rings (SSSR count). The standard InChI is InChI=1S/C24H16F3N5OS/c25-24(26,27)16-7-9-17(10-8-16)30-23-32-31-21(33-23)19-5-3-12-29-22(19)34-14-15-11-13-28-20-6-2-1-4-18(15)20/h1-13H,14H2,(H,30,32). The molecule has 0 bridgehead atoms. The van der Waals surface area contributed by atoms with E-state index >= 15 is 0 Å². The molecule has 34 heavy (non-hydrogen) atoms. The Morgan fingerprint density at radius 2 is 1.68 bits per heavy atom. The largest absolute Gasteiger partial charge is 0.416 e. The Morgan fingerprint density at radius 1 is 0.853 bits per heavy atom. The smallest absolute Gasteiger partial charge is 0.403 e. The van der Waals surface area contributed by atoms with E-state index in [9.17, 15) is 13.2 Å². The Kier molecular flexibility index (Phi) is 5.89. The summed E-state index contributed by atoms with van der Waals surface area (Å²) in [7, 11) is 0. The minimum absolute atomic E-state index is 0.0645. The Hall–Kier alpha value is -3.92. The second-order valence-electron chi connectivity index (χ2n) is 7.24. The highest BCUT2D eigenvalue weighted by atomic mass is 32.2. The van der Waals surface area contributed by atoms with E-state index in [2.05, 4.69) is 25.5 Å². The van der Waals surface area contributed by atoms with Gasteiger partial charge in [-0.05, 0) is 54.1 Å². The van der Waals surface area contributed by atoms with Crippen LogP contribution in [0.25, 0.3) is 22.4 Å². The molecule has 1 N–H and O–H groups in total. The Balaban J connectivity index is 1.34. The van der Waals surface area contributed by atoms with E-state index in [0.717, 1.165) is 28.6 Å². The lowest BCUT2D eigenvalue weighted by molar-refractivity contribution is -0.137. The maximum atomic E-state index is 12.8. The summed E-state index contributed by atoms with van der Waals surface area (Å²) in [6.45, 7) is 0. The highest BCUT2D eigenvalue weighted by Crippen LogP contribution is 2.34. The van der Waals surface area contributed by atoms with Gasteiger partial charge >= 0.3 is 12.2 Å². The van der Waals surface area contributed by atoms with Crippen LogP contribution in [-0.4, -0.2) is 20.2 Å². The van der Waals surface area contributed by atoms with Crippen LogP contribution in [0, 0.1) is 0 Å². The number of fused-ring (bicyclic) bond motifs is 1. The van der Waals surface area contributed by atoms with Gasteiger partial charge in [0.25, 0.3) is 5.89 Å². The fourth-order valence-corrected chi connectivity index (χ4v) is 4.33. The van der Waals surface area contributed by atoms with Crippen LogP contribution in [0.3, 0.4) is 0 Å². The van der Waals surface area contributed by atoms with Crippen molar-refractivity contribution in [3.05, 3.63) is 90.3 Å². The summed E-state index contributed by atoms with van der Waals surface area (Å²) in [6.07, 6.45) is -0.921. The molecule has 2 aromatic carbocycles. The van der Waals surface area contributed by atoms with Crippen molar-refractivity contribution < 1.29 is 17.6 Å². The first-order valence-electron chi connectivity index (χ1n) is 10.2. The molecule has 0 aliphatic heterocycles. The monoisotopic (exact) mass is 479 g/mol. The van der Waals surface area contributed by atoms with Crippen molar-refractivity contribution in [3.8, 4) is 11.5 Å². The summed E-state index contributed by atoms with van der Waals surface area (Å²) < 4.78 is 44.0. The molecule has 0 saturated heterocycles. The molecule has 0 unspecified atom stereocenters. The van der Waals surface area contributed by atoms with Crippen LogP contribution in [0.5, 0.6) is 0 Å². The molecule has 170 valence electrons. The van der Waals surface area contributed by atoms with Gasteiger partial charge in [-0.2, -0.15) is 13.2 Å². The lowest BCUT2D eigenvalue weighted by atomic mass is 10.1. The Morgan fingerprint density at radius 3 is 2.50 bits per heavy atom. The van der Waals surface area contributed by atoms with Crippen molar-refractivity contribution in [1.29, 1.82) is 0 Å². The molecule has 0 spiro atoms. The first kappa shape index (κ1) is 21.9. The van der Waals surface area contributed by atoms with Gasteiger partial charge in [-0.15, -0.1) is 16.9 Å². The van der Waals surface area contributed by atoms with Crippen LogP contribution in [0.4, 0.5) is 24.9 Å². The van der Waals surface area contributed by atoms with Crippen LogP contribution in [0.15, 0.2) is 88.6 Å². The van der Waals surface area contributed by atoms with Gasteiger partial charge < -0.3 is 9.73 Å². The van der Waals surface area contributed by atoms with E-state index in [1.54, 1.807) is 18.5 Å². The quantitative estimate of drug-likeness (QED) is 0.270. The van der Waals surface area contributed by atoms with Gasteiger partial charge in [0.2, 0.25) is 0 Å². The van der Waals surface area contributed by atoms with Crippen molar-refractivity contribution in [2.75, 3.05) is 5.32 Å². The van der Waals surface area contributed by atoms with Gasteiger partial charge in [-0.25, -0.2) is 4.98 Å². The first-order chi connectivity index (χ1) is 16.5. The third-order valence-corrected chi connectivity index (χ3v) is 6.05. The number of pyridine rings is 2. The molecule has 0 fully saturated rings. The minimum Gasteiger partial charge on any atom is -0.403 e. The lowest BCUT2D eigenvalue weighted by Gasteiger charge is -2.08. The topological polar surface area (TPSA) is 76.7 Å². The zero-order valence-electron chi connectivity index (χ0n) is 17.5. The predicted molar refractivity (Wildman–Crippen MR) is 124 cm³/mol. The number of para-hydroxylation sites is 1. The maximum absolute atomic E-state index is 12.8. The van der Waals surface area contributed by atoms with Gasteiger partial charge in [-0.1, -0.05) is 23.3 Å². The van der Waals surface area contributed by atoms with Crippen molar-refractivity contribution >= 4 is 34.4 Å². The highest BCUT2D eigenvalue weighted by molar-refractivity contribution is 7.98. The van der Waals surface area contributed by atoms with Crippen LogP contribution in [0.2, 0.25) is 0 Å². The van der Waals surface area contributed by atoms with E-state index in [0.29, 0.717) is 22.0 Å². The Labute approximate surface area is 196 Å². The van der Waals surface area contributed by atoms with Crippen molar-refractivity contribution in [2.45, 2.75) is 17.0 Å². The molecule has 0 radical (unpaired) electrons. The first-order valence-corrected chi connectivity index (χ1v) is 11.1. The summed E-state index contributed by atoms with van der Waals surface area (Å²) in [6, 6.07) is 18.2. The number of hydrogen-bond acceptors (Lipinski definition) is 7. The normalized spacial score (nSPS) is 11.6. The lowest BCUT2D eigenvalue weighted by Crippen LogP contribution is -2.04. The SMILES string of the molecule is FC(F)(F)c1ccc(Nc2nnc(-c3cccnc3SCc3ccnc4ccccc34)o2)cc1. The number of thioether (sulfide) groups is 1. The predicted octanol–water partition coefficient (Wildman–Crippen LogP) is 6.73. The van der Waals surface area contributed by atoms with Crippen LogP contribution >= 0.6 is 11.8 Å². The number of aromatic nitrogens is 4. The van der Waals surface area contributed by atoms with Gasteiger partial charge in [0.1, 0.15) is 5.03 Å². The molecule has 0 atom stereocenters. The average Bonchev–Trinajstić information content (AvgIpc) is 3.31. The van der Waals surface area contributed by atoms with E-state index in [4.69, 9.17) is 4.42 Å². The van der Waals surface area contributed by atoms with E-state index in [1.165, 1.54) is 23.9 Å². The third kappa shape index (κ3) is 4.72. The fraction of sp³-hybridized carbons (Fsp3) is 0.0833. The van der Waals surface area contributed by atoms with Crippen LogP contribution < -0.4 is 5.32 Å². The summed E-state index contributed by atoms with van der Waals surface area (Å²) >= 11 is 1.53. The van der Waals surface area contributed by atoms with Crippen molar-refractivity contribution in [1.82, 2.24) is 20.2 Å². The van der Waals surface area contributed by atoms with E-state index < -0.39 is 11.7 Å². The molecule has 0 saturated carbocycles. The zero-order chi connectivity index (χ0) is 23.5. The summed E-state index contributed by atoms with van der Waals surface area (Å²) in [4.78, 5) is 8.86. The molecular weight excluding hydrogens is 463 g/mol. The number of hydrogen-bond donors (Lipinski definition) is 1. The number of nitrogens with one attached hydrogen (secondary N) is 1. The van der Waals surface area contributed by atoms with E-state index in [-0.39, 0.29) is 11.9 Å². The molecule has 3 aromatic heterocycles. The summed E-state index contributed by atoms with van der Waals surface area (Å²) in [5.74, 6) is 0.919. The molecule has 0 aliphatic rings. The molecule has 0 aliphatic carbocycles. The molecule has 10 heteroatoms. The zero-order valence-corrected chi connectivity index (χ0v) is 18.3. The van der Waals surface area contributed by atoms with Crippen molar-refractivity contribution in [3.63, 3.8) is 0 Å². The number of anilines is 2. The highest BCUT2D eigenvalue weighted by Gasteiger charge is 2.30. The minimum atomic E-state index is -4.40.